The Bertz CT molecular complexity index is 1890. The average molecular weight is 582 g/mol. The Morgan fingerprint density at radius 3 is 1.20 bits per heavy atom. The van der Waals surface area contributed by atoms with Gasteiger partial charge in [0.1, 0.15) is 5.82 Å². The fraction of sp³-hybridized carbons (Fsp3) is 0. The highest BCUT2D eigenvalue weighted by molar-refractivity contribution is 6.22. The van der Waals surface area contributed by atoms with Crippen LogP contribution in [0.3, 0.4) is 0 Å². The van der Waals surface area contributed by atoms with Crippen molar-refractivity contribution in [3.8, 4) is 22.3 Å². The number of fused-ring (bicyclic) bond motifs is 2. The van der Waals surface area contributed by atoms with Crippen molar-refractivity contribution in [2.24, 2.45) is 0 Å². The number of benzene rings is 5. The maximum absolute atomic E-state index is 15.3. The molecule has 0 atom stereocenters. The molecule has 206 valence electrons. The molecule has 0 saturated heterocycles. The molecule has 0 saturated carbocycles. The molecule has 0 bridgehead atoms. The normalized spacial score (nSPS) is 11.8. The van der Waals surface area contributed by atoms with Crippen molar-refractivity contribution in [1.29, 1.82) is 0 Å². The molecule has 0 spiro atoms. The molecule has 0 unspecified atom stereocenters. The second-order valence-corrected chi connectivity index (χ2v) is 8.21. The van der Waals surface area contributed by atoms with E-state index < -0.39 is 125 Å². The van der Waals surface area contributed by atoms with Gasteiger partial charge in [-0.2, -0.15) is 0 Å². The second-order valence-electron chi connectivity index (χ2n) is 8.21. The zero-order valence-electron chi connectivity index (χ0n) is 18.6. The molecule has 0 heterocycles. The topological polar surface area (TPSA) is 0 Å². The van der Waals surface area contributed by atoms with Crippen LogP contribution in [-0.2, 0) is 0 Å². The van der Waals surface area contributed by atoms with Gasteiger partial charge in [-0.05, 0) is 11.5 Å². The van der Waals surface area contributed by atoms with Crippen molar-refractivity contribution in [3.63, 3.8) is 0 Å². The van der Waals surface area contributed by atoms with Gasteiger partial charge < -0.3 is 0 Å². The summed E-state index contributed by atoms with van der Waals surface area (Å²) in [4.78, 5) is 0. The second kappa shape index (κ2) is 9.10. The summed E-state index contributed by atoms with van der Waals surface area (Å²) in [5, 5.41) is -6.51. The van der Waals surface area contributed by atoms with E-state index in [1.165, 1.54) is 0 Å². The maximum atomic E-state index is 15.3. The van der Waals surface area contributed by atoms with E-state index in [9.17, 15) is 48.3 Å². The van der Waals surface area contributed by atoms with E-state index in [1.807, 2.05) is 0 Å². The van der Waals surface area contributed by atoms with E-state index in [-0.39, 0.29) is 6.07 Å². The summed E-state index contributed by atoms with van der Waals surface area (Å²) in [7, 11) is 0. The van der Waals surface area contributed by atoms with Gasteiger partial charge in [0.05, 0.1) is 11.1 Å². The summed E-state index contributed by atoms with van der Waals surface area (Å²) in [5.41, 5.74) is -7.47. The predicted molar refractivity (Wildman–Crippen MR) is 112 cm³/mol. The molecule has 0 amide bonds. The lowest BCUT2D eigenvalue weighted by Gasteiger charge is -2.21. The molecule has 0 nitrogen and oxygen atoms in total. The molecule has 0 radical (unpaired) electrons. The largest absolute Gasteiger partial charge is 0.206 e. The first kappa shape index (κ1) is 27.2. The van der Waals surface area contributed by atoms with Crippen molar-refractivity contribution in [2.75, 3.05) is 0 Å². The lowest BCUT2D eigenvalue weighted by molar-refractivity contribution is 0.381. The minimum Gasteiger partial charge on any atom is -0.206 e. The fourth-order valence-corrected chi connectivity index (χ4v) is 4.47. The van der Waals surface area contributed by atoms with Gasteiger partial charge in [-0.15, -0.1) is 0 Å². The third-order valence-corrected chi connectivity index (χ3v) is 6.12. The van der Waals surface area contributed by atoms with Crippen molar-refractivity contribution in [2.45, 2.75) is 0 Å². The minimum atomic E-state index is -2.75. The van der Waals surface area contributed by atoms with Gasteiger partial charge >= 0.3 is 0 Å². The molecule has 0 aromatic heterocycles. The lowest BCUT2D eigenvalue weighted by atomic mass is 9.84. The molecule has 0 aliphatic heterocycles. The average Bonchev–Trinajstić information content (AvgIpc) is 2.92. The minimum absolute atomic E-state index is 0.338. The Labute approximate surface area is 211 Å². The van der Waals surface area contributed by atoms with E-state index in [0.29, 0.717) is 18.2 Å². The molecule has 5 aromatic rings. The summed E-state index contributed by atoms with van der Waals surface area (Å²) in [6.07, 6.45) is 0. The molecule has 40 heavy (non-hydrogen) atoms. The zero-order chi connectivity index (χ0) is 29.5. The highest BCUT2D eigenvalue weighted by Gasteiger charge is 2.36. The molecular formula is C26H4F14. The van der Waals surface area contributed by atoms with Gasteiger partial charge in [0.2, 0.25) is 5.82 Å². The monoisotopic (exact) mass is 582 g/mol. The maximum Gasteiger partial charge on any atom is 0.200 e. The molecule has 5 rings (SSSR count). The van der Waals surface area contributed by atoms with Crippen LogP contribution in [0.2, 0.25) is 0 Å². The number of hydrogen-bond acceptors (Lipinski definition) is 0. The van der Waals surface area contributed by atoms with Gasteiger partial charge in [-0.1, -0.05) is 12.1 Å². The predicted octanol–water partition coefficient (Wildman–Crippen LogP) is 9.27. The van der Waals surface area contributed by atoms with Gasteiger partial charge in [0.25, 0.3) is 0 Å². The molecule has 0 fully saturated rings. The van der Waals surface area contributed by atoms with Crippen LogP contribution in [0.4, 0.5) is 61.5 Å². The number of rotatable bonds is 2. The summed E-state index contributed by atoms with van der Waals surface area (Å²) in [6, 6.07) is 1.30. The van der Waals surface area contributed by atoms with Crippen LogP contribution < -0.4 is 0 Å². The molecule has 0 N–H and O–H groups in total. The van der Waals surface area contributed by atoms with E-state index in [1.54, 1.807) is 0 Å². The van der Waals surface area contributed by atoms with Gasteiger partial charge in [0, 0.05) is 33.4 Å². The van der Waals surface area contributed by atoms with Gasteiger partial charge in [-0.3, -0.25) is 0 Å². The number of hydrogen-bond donors (Lipinski definition) is 0. The fourth-order valence-electron chi connectivity index (χ4n) is 4.47. The summed E-state index contributed by atoms with van der Waals surface area (Å²) >= 11 is 0. The molecule has 5 aromatic carbocycles. The van der Waals surface area contributed by atoms with Crippen LogP contribution in [0.25, 0.3) is 43.8 Å². The quantitative estimate of drug-likeness (QED) is 0.0843. The van der Waals surface area contributed by atoms with E-state index in [2.05, 4.69) is 0 Å². The Balaban J connectivity index is 2.26. The third-order valence-electron chi connectivity index (χ3n) is 6.12. The van der Waals surface area contributed by atoms with Crippen LogP contribution >= 0.6 is 0 Å². The summed E-state index contributed by atoms with van der Waals surface area (Å²) < 4.78 is 204. The summed E-state index contributed by atoms with van der Waals surface area (Å²) in [6.45, 7) is 0. The highest BCUT2D eigenvalue weighted by Crippen LogP contribution is 2.50. The smallest absolute Gasteiger partial charge is 0.200 e. The first-order chi connectivity index (χ1) is 18.7. The van der Waals surface area contributed by atoms with Crippen LogP contribution in [0.1, 0.15) is 0 Å². The SMILES string of the molecule is Fc1cc(F)c(F)c(-c2c3c(F)cccc3c(-c3c(F)c(F)c(F)c(F)c3F)c3c(F)c(F)c(F)c(F)c23)c1F. The van der Waals surface area contributed by atoms with Crippen LogP contribution in [0.5, 0.6) is 0 Å². The Hall–Kier alpha value is -4.36. The Morgan fingerprint density at radius 2 is 0.700 bits per heavy atom. The molecule has 0 aliphatic rings. The highest BCUT2D eigenvalue weighted by atomic mass is 19.2. The van der Waals surface area contributed by atoms with Gasteiger partial charge in [0.15, 0.2) is 69.8 Å². The molecule has 14 heteroatoms. The first-order valence-electron chi connectivity index (χ1n) is 10.5. The van der Waals surface area contributed by atoms with Crippen LogP contribution in [0, 0.1) is 81.4 Å². The van der Waals surface area contributed by atoms with E-state index in [0.717, 1.165) is 0 Å². The Kier molecular flexibility index (Phi) is 6.19. The first-order valence-corrected chi connectivity index (χ1v) is 10.5. The van der Waals surface area contributed by atoms with Crippen LogP contribution in [-0.4, -0.2) is 0 Å². The zero-order valence-corrected chi connectivity index (χ0v) is 18.6. The van der Waals surface area contributed by atoms with Crippen LogP contribution in [0.15, 0.2) is 24.3 Å². The van der Waals surface area contributed by atoms with Crippen molar-refractivity contribution in [3.05, 3.63) is 106 Å². The van der Waals surface area contributed by atoms with Crippen molar-refractivity contribution in [1.82, 2.24) is 0 Å². The molecular weight excluding hydrogens is 578 g/mol. The summed E-state index contributed by atoms with van der Waals surface area (Å²) in [5.74, 6) is -35.0. The van der Waals surface area contributed by atoms with E-state index >= 15 is 13.2 Å². The van der Waals surface area contributed by atoms with E-state index in [4.69, 9.17) is 0 Å². The van der Waals surface area contributed by atoms with Gasteiger partial charge in [-0.25, -0.2) is 61.5 Å². The molecule has 0 aliphatic carbocycles. The number of halogens is 14. The standard InChI is InChI=1S/C26H4F14/c27-6-3-1-2-5-9(6)11(15-16(30)7(28)4-8(29)17(15)31)13-12(18(32)22(36)23(37)19(13)33)10(5)14-20(34)24(38)26(40)25(39)21(14)35/h1-4H. The third kappa shape index (κ3) is 3.47. The van der Waals surface area contributed by atoms with Crippen molar-refractivity contribution < 1.29 is 61.5 Å². The lowest BCUT2D eigenvalue weighted by Crippen LogP contribution is -2.09. The van der Waals surface area contributed by atoms with Crippen molar-refractivity contribution >= 4 is 21.5 Å². The Morgan fingerprint density at radius 1 is 0.300 bits per heavy atom.